The summed E-state index contributed by atoms with van der Waals surface area (Å²) >= 11 is 0. The van der Waals surface area contributed by atoms with Crippen LogP contribution >= 0.6 is 0 Å². The maximum absolute atomic E-state index is 13.0. The number of methoxy groups -OCH3 is 1. The molecule has 1 atom stereocenters. The average molecular weight is 440 g/mol. The Balaban J connectivity index is 1.53. The van der Waals surface area contributed by atoms with Crippen molar-refractivity contribution in [3.63, 3.8) is 0 Å². The van der Waals surface area contributed by atoms with E-state index in [-0.39, 0.29) is 42.7 Å². The van der Waals surface area contributed by atoms with Crippen LogP contribution in [0.5, 0.6) is 23.0 Å². The van der Waals surface area contributed by atoms with Crippen molar-refractivity contribution in [1.29, 1.82) is 0 Å². The number of fused-ring (bicyclic) bond motifs is 1. The standard InChI is InChI=1S/C24H28N2O6/c1-15(27)26-9-7-17(8-10-26)25-24(29)12-19(16-3-5-18(30-2)6-4-16)20-11-22-23(13-21(20)28)32-14-31-22/h3-6,11,13,17,19,28H,7-10,12,14H2,1-2H3,(H,25,29). The van der Waals surface area contributed by atoms with Crippen LogP contribution < -0.4 is 19.5 Å². The summed E-state index contributed by atoms with van der Waals surface area (Å²) in [6, 6.07) is 10.8. The fourth-order valence-corrected chi connectivity index (χ4v) is 4.28. The molecule has 2 aromatic rings. The zero-order chi connectivity index (χ0) is 22.7. The molecule has 8 nitrogen and oxygen atoms in total. The second kappa shape index (κ2) is 9.38. The minimum atomic E-state index is -0.382. The summed E-state index contributed by atoms with van der Waals surface area (Å²) in [5.74, 6) is 1.38. The molecule has 0 saturated carbocycles. The maximum Gasteiger partial charge on any atom is 0.231 e. The quantitative estimate of drug-likeness (QED) is 0.717. The largest absolute Gasteiger partial charge is 0.508 e. The van der Waals surface area contributed by atoms with E-state index in [9.17, 15) is 14.7 Å². The molecule has 2 N–H and O–H groups in total. The van der Waals surface area contributed by atoms with Crippen molar-refractivity contribution in [3.8, 4) is 23.0 Å². The van der Waals surface area contributed by atoms with Crippen molar-refractivity contribution >= 4 is 11.8 Å². The van der Waals surface area contributed by atoms with Gasteiger partial charge in [-0.1, -0.05) is 12.1 Å². The van der Waals surface area contributed by atoms with E-state index in [1.165, 1.54) is 6.07 Å². The molecule has 0 aromatic heterocycles. The molecule has 0 aliphatic carbocycles. The van der Waals surface area contributed by atoms with Gasteiger partial charge < -0.3 is 29.5 Å². The predicted octanol–water partition coefficient (Wildman–Crippen LogP) is 2.78. The molecule has 8 heteroatoms. The third-order valence-electron chi connectivity index (χ3n) is 6.11. The van der Waals surface area contributed by atoms with E-state index < -0.39 is 0 Å². The Labute approximate surface area is 187 Å². The monoisotopic (exact) mass is 440 g/mol. The summed E-state index contributed by atoms with van der Waals surface area (Å²) in [6.45, 7) is 2.96. The summed E-state index contributed by atoms with van der Waals surface area (Å²) < 4.78 is 16.1. The number of ether oxygens (including phenoxy) is 3. The van der Waals surface area contributed by atoms with E-state index in [0.717, 1.165) is 18.4 Å². The van der Waals surface area contributed by atoms with Crippen LogP contribution in [0.3, 0.4) is 0 Å². The number of phenolic OH excluding ortho intramolecular Hbond substituents is 1. The van der Waals surface area contributed by atoms with Crippen LogP contribution in [-0.2, 0) is 9.59 Å². The third-order valence-corrected chi connectivity index (χ3v) is 6.11. The second-order valence-corrected chi connectivity index (χ2v) is 8.14. The first-order valence-electron chi connectivity index (χ1n) is 10.8. The van der Waals surface area contributed by atoms with E-state index >= 15 is 0 Å². The number of phenols is 1. The fraction of sp³-hybridized carbons (Fsp3) is 0.417. The van der Waals surface area contributed by atoms with Crippen LogP contribution in [0.4, 0.5) is 0 Å². The van der Waals surface area contributed by atoms with Crippen molar-refractivity contribution in [2.75, 3.05) is 27.0 Å². The van der Waals surface area contributed by atoms with Crippen LogP contribution in [0.2, 0.25) is 0 Å². The Morgan fingerprint density at radius 3 is 2.44 bits per heavy atom. The van der Waals surface area contributed by atoms with Crippen molar-refractivity contribution < 1.29 is 28.9 Å². The third kappa shape index (κ3) is 4.74. The van der Waals surface area contributed by atoms with Crippen LogP contribution in [0.25, 0.3) is 0 Å². The predicted molar refractivity (Wildman–Crippen MR) is 117 cm³/mol. The van der Waals surface area contributed by atoms with E-state index in [1.807, 2.05) is 24.3 Å². The first-order valence-corrected chi connectivity index (χ1v) is 10.8. The number of hydrogen-bond donors (Lipinski definition) is 2. The first-order chi connectivity index (χ1) is 15.4. The van der Waals surface area contributed by atoms with Gasteiger partial charge in [0, 0.05) is 50.0 Å². The van der Waals surface area contributed by atoms with E-state index in [0.29, 0.717) is 35.9 Å². The normalized spacial score (nSPS) is 16.5. The highest BCUT2D eigenvalue weighted by Crippen LogP contribution is 2.43. The Hall–Kier alpha value is -3.42. The number of likely N-dealkylation sites (tertiary alicyclic amines) is 1. The molecule has 4 rings (SSSR count). The number of benzene rings is 2. The lowest BCUT2D eigenvalue weighted by Gasteiger charge is -2.32. The minimum Gasteiger partial charge on any atom is -0.508 e. The highest BCUT2D eigenvalue weighted by atomic mass is 16.7. The molecule has 0 bridgehead atoms. The van der Waals surface area contributed by atoms with Crippen molar-refractivity contribution in [2.24, 2.45) is 0 Å². The fourth-order valence-electron chi connectivity index (χ4n) is 4.28. The van der Waals surface area contributed by atoms with Gasteiger partial charge in [-0.25, -0.2) is 0 Å². The maximum atomic E-state index is 13.0. The van der Waals surface area contributed by atoms with Gasteiger partial charge in [0.15, 0.2) is 11.5 Å². The van der Waals surface area contributed by atoms with Gasteiger partial charge in [-0.05, 0) is 36.6 Å². The molecule has 0 spiro atoms. The lowest BCUT2D eigenvalue weighted by Crippen LogP contribution is -2.46. The van der Waals surface area contributed by atoms with Gasteiger partial charge in [0.05, 0.1) is 7.11 Å². The lowest BCUT2D eigenvalue weighted by atomic mass is 9.87. The minimum absolute atomic E-state index is 0.0277. The molecule has 2 aliphatic heterocycles. The van der Waals surface area contributed by atoms with E-state index in [4.69, 9.17) is 14.2 Å². The highest BCUT2D eigenvalue weighted by molar-refractivity contribution is 5.78. The van der Waals surface area contributed by atoms with Gasteiger partial charge in [0.2, 0.25) is 18.6 Å². The summed E-state index contributed by atoms with van der Waals surface area (Å²) in [4.78, 5) is 26.3. The van der Waals surface area contributed by atoms with Gasteiger partial charge >= 0.3 is 0 Å². The highest BCUT2D eigenvalue weighted by Gasteiger charge is 2.27. The number of hydrogen-bond acceptors (Lipinski definition) is 6. The smallest absolute Gasteiger partial charge is 0.231 e. The molecule has 170 valence electrons. The summed E-state index contributed by atoms with van der Waals surface area (Å²) in [5.41, 5.74) is 1.47. The first kappa shape index (κ1) is 21.8. The molecule has 1 saturated heterocycles. The van der Waals surface area contributed by atoms with Gasteiger partial charge in [-0.3, -0.25) is 9.59 Å². The van der Waals surface area contributed by atoms with Crippen LogP contribution in [0, 0.1) is 0 Å². The molecule has 32 heavy (non-hydrogen) atoms. The Kier molecular flexibility index (Phi) is 6.39. The van der Waals surface area contributed by atoms with Gasteiger partial charge in [0.1, 0.15) is 11.5 Å². The van der Waals surface area contributed by atoms with Gasteiger partial charge in [-0.2, -0.15) is 0 Å². The number of carbonyl (C=O) groups excluding carboxylic acids is 2. The Morgan fingerprint density at radius 1 is 1.16 bits per heavy atom. The molecular formula is C24H28N2O6. The van der Waals surface area contributed by atoms with Crippen molar-refractivity contribution in [1.82, 2.24) is 10.2 Å². The topological polar surface area (TPSA) is 97.3 Å². The second-order valence-electron chi connectivity index (χ2n) is 8.14. The zero-order valence-electron chi connectivity index (χ0n) is 18.3. The Bertz CT molecular complexity index is 983. The lowest BCUT2D eigenvalue weighted by molar-refractivity contribution is -0.130. The summed E-state index contributed by atoms with van der Waals surface area (Å²) in [7, 11) is 1.60. The van der Waals surface area contributed by atoms with Gasteiger partial charge in [-0.15, -0.1) is 0 Å². The molecule has 1 fully saturated rings. The van der Waals surface area contributed by atoms with E-state index in [2.05, 4.69) is 5.32 Å². The molecule has 2 amide bonds. The number of rotatable bonds is 6. The van der Waals surface area contributed by atoms with Crippen molar-refractivity contribution in [3.05, 3.63) is 47.5 Å². The van der Waals surface area contributed by atoms with Crippen LogP contribution in [0.15, 0.2) is 36.4 Å². The summed E-state index contributed by atoms with van der Waals surface area (Å²) in [6.07, 6.45) is 1.62. The van der Waals surface area contributed by atoms with Crippen LogP contribution in [-0.4, -0.2) is 54.9 Å². The van der Waals surface area contributed by atoms with Gasteiger partial charge in [0.25, 0.3) is 0 Å². The number of piperidine rings is 1. The molecule has 2 aromatic carbocycles. The van der Waals surface area contributed by atoms with Crippen molar-refractivity contribution in [2.45, 2.75) is 38.1 Å². The Morgan fingerprint density at radius 2 is 1.81 bits per heavy atom. The van der Waals surface area contributed by atoms with E-state index in [1.54, 1.807) is 25.0 Å². The number of nitrogens with zero attached hydrogens (tertiary/aromatic N) is 1. The zero-order valence-corrected chi connectivity index (χ0v) is 18.3. The molecular weight excluding hydrogens is 412 g/mol. The number of carbonyl (C=O) groups is 2. The molecule has 2 heterocycles. The number of nitrogens with one attached hydrogen (secondary N) is 1. The SMILES string of the molecule is COc1ccc(C(CC(=O)NC2CCN(C(C)=O)CC2)c2cc3c(cc2O)OCO3)cc1. The number of amides is 2. The van der Waals surface area contributed by atoms with Crippen LogP contribution in [0.1, 0.15) is 43.2 Å². The number of aromatic hydroxyl groups is 1. The average Bonchev–Trinajstić information content (AvgIpc) is 3.24. The molecule has 1 unspecified atom stereocenters. The molecule has 0 radical (unpaired) electrons. The summed E-state index contributed by atoms with van der Waals surface area (Å²) in [5, 5.41) is 13.8. The molecule has 2 aliphatic rings.